The fourth-order valence-corrected chi connectivity index (χ4v) is 12.6. The number of fused-ring (bicyclic) bond motifs is 1. The summed E-state index contributed by atoms with van der Waals surface area (Å²) < 4.78 is 0.621. The zero-order chi connectivity index (χ0) is 64.3. The molecule has 0 unspecified atom stereocenters. The number of carbonyl (C=O) groups excluding carboxylic acids is 9. The fourth-order valence-electron chi connectivity index (χ4n) is 9.55. The number of hydrogen-bond donors (Lipinski definition) is 12. The van der Waals surface area contributed by atoms with Gasteiger partial charge in [-0.1, -0.05) is 157 Å². The largest absolute Gasteiger partial charge is 0.508 e. The monoisotopic (exact) mass is 1360 g/mol. The molecule has 25 heteroatoms. The van der Waals surface area contributed by atoms with Gasteiger partial charge in [-0.2, -0.15) is 0 Å². The predicted octanol–water partition coefficient (Wildman–Crippen LogP) is 2.63. The van der Waals surface area contributed by atoms with E-state index in [2.05, 4.69) is 42.5 Å². The Balaban J connectivity index is 1.34. The predicted molar refractivity (Wildman–Crippen MR) is 350 cm³/mol. The molecular formula is C64H74IN11O11S2. The topological polar surface area (TPSA) is 346 Å². The smallest absolute Gasteiger partial charge is 0.264 e. The molecule has 1 saturated heterocycles. The molecule has 0 aromatic heterocycles. The zero-order valence-corrected chi connectivity index (χ0v) is 53.2. The number of phenols is 1. The minimum Gasteiger partial charge on any atom is -0.508 e. The van der Waals surface area contributed by atoms with Gasteiger partial charge >= 0.3 is 0 Å². The van der Waals surface area contributed by atoms with Gasteiger partial charge in [0, 0.05) is 59.5 Å². The van der Waals surface area contributed by atoms with Crippen LogP contribution < -0.4 is 54.0 Å². The van der Waals surface area contributed by atoms with Gasteiger partial charge in [0.1, 0.15) is 42.0 Å². The Morgan fingerprint density at radius 2 is 1.17 bits per heavy atom. The number of nitrogens with two attached hydrogens (primary N) is 2. The molecule has 1 aliphatic heterocycles. The second kappa shape index (κ2) is 32.9. The molecule has 0 saturated carbocycles. The van der Waals surface area contributed by atoms with Crippen molar-refractivity contribution in [2.45, 2.75) is 114 Å². The van der Waals surface area contributed by atoms with E-state index in [-0.39, 0.29) is 54.5 Å². The van der Waals surface area contributed by atoms with Crippen molar-refractivity contribution in [1.29, 1.82) is 0 Å². The number of aliphatic hydroxyl groups is 1. The van der Waals surface area contributed by atoms with E-state index in [0.29, 0.717) is 37.8 Å². The summed E-state index contributed by atoms with van der Waals surface area (Å²) in [6, 6.07) is 31.1. The maximum absolute atomic E-state index is 15.4. The normalized spacial score (nSPS) is 20.1. The van der Waals surface area contributed by atoms with Crippen molar-refractivity contribution in [2.24, 2.45) is 11.5 Å². The molecule has 470 valence electrons. The third-order valence-corrected chi connectivity index (χ3v) is 18.0. The molecule has 7 rings (SSSR count). The minimum absolute atomic E-state index is 0.0000771. The number of carbonyl (C=O) groups is 9. The minimum atomic E-state index is -1.90. The number of nitrogens with zero attached hydrogens (tertiary/aromatic N) is 1. The molecule has 9 amide bonds. The molecule has 1 heterocycles. The average molecular weight is 1360 g/mol. The number of primary amides is 1. The molecule has 0 bridgehead atoms. The van der Waals surface area contributed by atoms with E-state index < -0.39 is 108 Å². The number of benzene rings is 6. The van der Waals surface area contributed by atoms with Crippen molar-refractivity contribution in [1.82, 2.24) is 47.4 Å². The van der Waals surface area contributed by atoms with E-state index in [0.717, 1.165) is 37.4 Å². The molecule has 6 aromatic carbocycles. The lowest BCUT2D eigenvalue weighted by Gasteiger charge is -2.32. The van der Waals surface area contributed by atoms with Gasteiger partial charge in [-0.3, -0.25) is 43.2 Å². The van der Waals surface area contributed by atoms with Crippen LogP contribution in [0.15, 0.2) is 146 Å². The van der Waals surface area contributed by atoms with E-state index in [1.54, 1.807) is 103 Å². The van der Waals surface area contributed by atoms with Crippen LogP contribution in [0.5, 0.6) is 5.75 Å². The highest BCUT2D eigenvalue weighted by Crippen LogP contribution is 2.25. The van der Waals surface area contributed by atoms with Gasteiger partial charge < -0.3 is 69.1 Å². The molecule has 0 aliphatic carbocycles. The van der Waals surface area contributed by atoms with Crippen LogP contribution in [0.25, 0.3) is 10.8 Å². The average Bonchev–Trinajstić information content (AvgIpc) is 2.24. The van der Waals surface area contributed by atoms with Crippen LogP contribution >= 0.6 is 44.2 Å². The lowest BCUT2D eigenvalue weighted by molar-refractivity contribution is -0.137. The summed E-state index contributed by atoms with van der Waals surface area (Å²) in [6.07, 6.45) is -3.91. The molecule has 0 spiro atoms. The van der Waals surface area contributed by atoms with Crippen LogP contribution in [-0.2, 0) is 70.6 Å². The third kappa shape index (κ3) is 20.2. The standard InChI is InChI=1S/C64H74IN11O11S2/c1-36(2)68-33-41-21-19-40(20-22-41)29-50-58(81)69-49(27-38-13-7-5-8-14-38)59(82)73-53(62(85)74-54(37(3)77)55(67)79)35-89-88-34-52(72-57(80)48(66)31-44-25-26-46(78)32-47(44)65)61(84)70-51(28-39-15-9-6-10-16-39)60(83)75-56(63(86)71-50)76(4)64(87)45-24-23-42-17-11-12-18-43(42)30-45/h5-26,30,32,36-37,48-54,56,68,77-78H,27-29,31,33-35,66H2,1-4H3,(H2,67,79)(H,69,81)(H,70,84)(H,71,86)(H,72,80)(H,73,82)(H,74,85)(H,75,83)/t37-,48+,49+,50+,51+,52+,53+,54-,56-/m1/s1. The van der Waals surface area contributed by atoms with Crippen LogP contribution in [0.1, 0.15) is 58.9 Å². The number of halogens is 1. The SMILES string of the molecule is CC(C)NCc1ccc(C[C@@H]2NC(=O)[C@@H](N(C)C(=O)c3ccc4ccccc4c3)NC(=O)[C@H](Cc3ccccc3)NC(=O)[C@@H](NC(=O)[C@@H](N)Cc3ccc(O)cc3I)CSSC[C@@H](C(=O)N[C@@H](C(N)=O)[C@@H](C)O)NC(=O)[C@H](Cc3ccccc3)NC2=O)cc1. The number of aliphatic hydroxyl groups excluding tert-OH is 1. The summed E-state index contributed by atoms with van der Waals surface area (Å²) >= 11 is 2.00. The molecule has 6 aromatic rings. The molecule has 0 radical (unpaired) electrons. The first-order valence-corrected chi connectivity index (χ1v) is 32.3. The molecule has 14 N–H and O–H groups in total. The van der Waals surface area contributed by atoms with Crippen LogP contribution in [-0.4, -0.2) is 147 Å². The molecule has 89 heavy (non-hydrogen) atoms. The first kappa shape index (κ1) is 68.4. The second-order valence-corrected chi connectivity index (χ2v) is 25.6. The van der Waals surface area contributed by atoms with E-state index in [4.69, 9.17) is 11.5 Å². The van der Waals surface area contributed by atoms with Crippen LogP contribution in [0.3, 0.4) is 0 Å². The number of nitrogens with one attached hydrogen (secondary N) is 8. The molecule has 1 aliphatic rings. The second-order valence-electron chi connectivity index (χ2n) is 21.9. The van der Waals surface area contributed by atoms with Crippen LogP contribution in [0.4, 0.5) is 0 Å². The molecule has 22 nitrogen and oxygen atoms in total. The Kier molecular flexibility index (Phi) is 25.3. The summed E-state index contributed by atoms with van der Waals surface area (Å²) in [7, 11) is 3.25. The highest BCUT2D eigenvalue weighted by molar-refractivity contribution is 14.1. The van der Waals surface area contributed by atoms with Gasteiger partial charge in [0.15, 0.2) is 6.17 Å². The first-order chi connectivity index (χ1) is 42.5. The number of hydrogen-bond acceptors (Lipinski definition) is 15. The van der Waals surface area contributed by atoms with E-state index >= 15 is 14.4 Å². The Hall–Kier alpha value is -8.08. The van der Waals surface area contributed by atoms with Gasteiger partial charge in [-0.15, -0.1) is 0 Å². The number of rotatable bonds is 19. The number of phenolic OH excluding ortho intramolecular Hbond substituents is 1. The van der Waals surface area contributed by atoms with Crippen LogP contribution in [0, 0.1) is 3.57 Å². The van der Waals surface area contributed by atoms with Crippen molar-refractivity contribution >= 4 is 108 Å². The Labute approximate surface area is 537 Å². The quantitative estimate of drug-likeness (QED) is 0.0410. The number of aromatic hydroxyl groups is 1. The van der Waals surface area contributed by atoms with E-state index in [1.807, 2.05) is 66.8 Å². The highest BCUT2D eigenvalue weighted by Gasteiger charge is 2.38. The third-order valence-electron chi connectivity index (χ3n) is 14.6. The number of amides is 9. The highest BCUT2D eigenvalue weighted by atomic mass is 127. The molecule has 1 fully saturated rings. The fraction of sp³-hybridized carbons (Fsp3) is 0.328. The number of likely N-dealkylation sites (N-methyl/N-ethyl adjacent to an activating group) is 1. The van der Waals surface area contributed by atoms with Crippen LogP contribution in [0.2, 0.25) is 0 Å². The van der Waals surface area contributed by atoms with Gasteiger partial charge in [0.25, 0.3) is 11.8 Å². The summed E-state index contributed by atoms with van der Waals surface area (Å²) in [5.41, 5.74) is 15.5. The lowest BCUT2D eigenvalue weighted by atomic mass is 10.0. The van der Waals surface area contributed by atoms with E-state index in [1.165, 1.54) is 26.1 Å². The van der Waals surface area contributed by atoms with Gasteiger partial charge in [-0.25, -0.2) is 0 Å². The van der Waals surface area contributed by atoms with Crippen molar-refractivity contribution in [3.63, 3.8) is 0 Å². The summed E-state index contributed by atoms with van der Waals surface area (Å²) in [6.45, 7) is 5.78. The van der Waals surface area contributed by atoms with Gasteiger partial charge in [0.2, 0.25) is 41.4 Å². The summed E-state index contributed by atoms with van der Waals surface area (Å²) in [5.74, 6) is -8.73. The van der Waals surface area contributed by atoms with Crippen molar-refractivity contribution in [3.05, 3.63) is 183 Å². The Morgan fingerprint density at radius 1 is 0.640 bits per heavy atom. The first-order valence-electron chi connectivity index (χ1n) is 28.8. The van der Waals surface area contributed by atoms with Gasteiger partial charge in [-0.05, 0) is 98.8 Å². The summed E-state index contributed by atoms with van der Waals surface area (Å²) in [4.78, 5) is 132. The van der Waals surface area contributed by atoms with Crippen molar-refractivity contribution in [3.8, 4) is 5.75 Å². The summed E-state index contributed by atoms with van der Waals surface area (Å²) in [5, 5.41) is 44.3. The maximum atomic E-state index is 15.4. The molecular weight excluding hydrogens is 1290 g/mol. The van der Waals surface area contributed by atoms with Crippen molar-refractivity contribution in [2.75, 3.05) is 18.6 Å². The van der Waals surface area contributed by atoms with Gasteiger partial charge in [0.05, 0.1) is 12.1 Å². The van der Waals surface area contributed by atoms with Crippen molar-refractivity contribution < 1.29 is 53.4 Å². The zero-order valence-electron chi connectivity index (χ0n) is 49.4. The Bertz CT molecular complexity index is 3480. The Morgan fingerprint density at radius 3 is 1.75 bits per heavy atom. The lowest BCUT2D eigenvalue weighted by Crippen LogP contribution is -2.64. The maximum Gasteiger partial charge on any atom is 0.264 e. The van der Waals surface area contributed by atoms with E-state index in [9.17, 15) is 39.0 Å². The molecule has 9 atom stereocenters.